The number of aryl methyl sites for hydroxylation is 2. The number of carbonyl (C=O) groups is 1. The molecule has 1 atom stereocenters. The molecule has 0 aliphatic carbocycles. The van der Waals surface area contributed by atoms with Gasteiger partial charge in [-0.3, -0.25) is 14.4 Å². The van der Waals surface area contributed by atoms with Gasteiger partial charge in [-0.25, -0.2) is 4.98 Å². The van der Waals surface area contributed by atoms with Gasteiger partial charge in [-0.05, 0) is 36.1 Å². The Morgan fingerprint density at radius 1 is 1.31 bits per heavy atom. The summed E-state index contributed by atoms with van der Waals surface area (Å²) in [6, 6.07) is 10.3. The van der Waals surface area contributed by atoms with Crippen LogP contribution in [0.5, 0.6) is 0 Å². The van der Waals surface area contributed by atoms with Gasteiger partial charge in [0.05, 0.1) is 11.7 Å². The van der Waals surface area contributed by atoms with Crippen molar-refractivity contribution in [1.82, 2.24) is 25.0 Å². The SMILES string of the molecule is CNC(=O)[C@@H]1Cc2ccccc2CN1Cc1cnc2c(c1)c(C)nn2C. The molecule has 1 N–H and O–H groups in total. The molecule has 0 saturated heterocycles. The molecule has 134 valence electrons. The lowest BCUT2D eigenvalue weighted by Gasteiger charge is -2.35. The maximum absolute atomic E-state index is 12.5. The summed E-state index contributed by atoms with van der Waals surface area (Å²) in [5, 5.41) is 8.32. The van der Waals surface area contributed by atoms with E-state index in [1.165, 1.54) is 11.1 Å². The third-order valence-electron chi connectivity index (χ3n) is 5.20. The zero-order valence-corrected chi connectivity index (χ0v) is 15.4. The van der Waals surface area contributed by atoms with E-state index in [-0.39, 0.29) is 11.9 Å². The second-order valence-electron chi connectivity index (χ2n) is 6.93. The summed E-state index contributed by atoms with van der Waals surface area (Å²) in [4.78, 5) is 19.3. The van der Waals surface area contributed by atoms with Crippen LogP contribution in [-0.2, 0) is 31.4 Å². The first-order valence-corrected chi connectivity index (χ1v) is 8.87. The molecule has 0 spiro atoms. The molecule has 1 amide bonds. The van der Waals surface area contributed by atoms with Gasteiger partial charge in [0, 0.05) is 38.8 Å². The molecule has 4 rings (SSSR count). The van der Waals surface area contributed by atoms with E-state index in [4.69, 9.17) is 0 Å². The van der Waals surface area contributed by atoms with Crippen molar-refractivity contribution in [2.75, 3.05) is 7.05 Å². The fraction of sp³-hybridized carbons (Fsp3) is 0.350. The molecule has 6 heteroatoms. The minimum atomic E-state index is -0.166. The van der Waals surface area contributed by atoms with Crippen LogP contribution in [0.1, 0.15) is 22.4 Å². The molecule has 26 heavy (non-hydrogen) atoms. The molecule has 0 fully saturated rings. The monoisotopic (exact) mass is 349 g/mol. The van der Waals surface area contributed by atoms with E-state index in [2.05, 4.69) is 44.6 Å². The molecule has 0 saturated carbocycles. The van der Waals surface area contributed by atoms with Gasteiger partial charge in [0.2, 0.25) is 5.91 Å². The number of carbonyl (C=O) groups excluding carboxylic acids is 1. The van der Waals surface area contributed by atoms with Gasteiger partial charge in [-0.15, -0.1) is 0 Å². The number of fused-ring (bicyclic) bond motifs is 2. The van der Waals surface area contributed by atoms with Crippen molar-refractivity contribution in [3.8, 4) is 0 Å². The van der Waals surface area contributed by atoms with Gasteiger partial charge in [0.1, 0.15) is 0 Å². The first kappa shape index (κ1) is 16.7. The predicted octanol–water partition coefficient (Wildman–Crippen LogP) is 1.95. The molecule has 0 bridgehead atoms. The molecular weight excluding hydrogens is 326 g/mol. The van der Waals surface area contributed by atoms with Crippen LogP contribution in [0.25, 0.3) is 11.0 Å². The van der Waals surface area contributed by atoms with Gasteiger partial charge < -0.3 is 5.32 Å². The van der Waals surface area contributed by atoms with Crippen molar-refractivity contribution in [3.05, 3.63) is 58.9 Å². The van der Waals surface area contributed by atoms with Gasteiger partial charge in [-0.2, -0.15) is 5.10 Å². The topological polar surface area (TPSA) is 63.1 Å². The maximum Gasteiger partial charge on any atom is 0.237 e. The van der Waals surface area contributed by atoms with Gasteiger partial charge in [0.15, 0.2) is 5.65 Å². The largest absolute Gasteiger partial charge is 0.358 e. The van der Waals surface area contributed by atoms with Crippen LogP contribution in [0, 0.1) is 6.92 Å². The fourth-order valence-corrected chi connectivity index (χ4v) is 3.84. The quantitative estimate of drug-likeness (QED) is 0.785. The summed E-state index contributed by atoms with van der Waals surface area (Å²) < 4.78 is 1.80. The molecule has 0 unspecified atom stereocenters. The Kier molecular flexibility index (Phi) is 4.20. The number of pyridine rings is 1. The smallest absolute Gasteiger partial charge is 0.237 e. The average molecular weight is 349 g/mol. The second kappa shape index (κ2) is 6.53. The number of rotatable bonds is 3. The normalized spacial score (nSPS) is 17.3. The summed E-state index contributed by atoms with van der Waals surface area (Å²) in [5.41, 5.74) is 5.51. The fourth-order valence-electron chi connectivity index (χ4n) is 3.84. The number of hydrogen-bond acceptors (Lipinski definition) is 4. The Hall–Kier alpha value is -2.73. The second-order valence-corrected chi connectivity index (χ2v) is 6.93. The summed E-state index contributed by atoms with van der Waals surface area (Å²) in [6.45, 7) is 3.44. The highest BCUT2D eigenvalue weighted by Gasteiger charge is 2.30. The minimum Gasteiger partial charge on any atom is -0.358 e. The first-order valence-electron chi connectivity index (χ1n) is 8.87. The summed E-state index contributed by atoms with van der Waals surface area (Å²) in [5.74, 6) is 0.0612. The van der Waals surface area contributed by atoms with Crippen LogP contribution < -0.4 is 5.32 Å². The van der Waals surface area contributed by atoms with E-state index < -0.39 is 0 Å². The molecule has 6 nitrogen and oxygen atoms in total. The van der Waals surface area contributed by atoms with Gasteiger partial charge in [-0.1, -0.05) is 24.3 Å². The van der Waals surface area contributed by atoms with E-state index in [1.807, 2.05) is 26.2 Å². The van der Waals surface area contributed by atoms with Gasteiger partial charge in [0.25, 0.3) is 0 Å². The minimum absolute atomic E-state index is 0.0612. The van der Waals surface area contributed by atoms with Crippen LogP contribution in [0.4, 0.5) is 0 Å². The van der Waals surface area contributed by atoms with Crippen molar-refractivity contribution in [1.29, 1.82) is 0 Å². The predicted molar refractivity (Wildman–Crippen MR) is 100 cm³/mol. The molecule has 1 aromatic carbocycles. The molecular formula is C20H23N5O. The number of nitrogens with zero attached hydrogens (tertiary/aromatic N) is 4. The van der Waals surface area contributed by atoms with Crippen molar-refractivity contribution in [2.45, 2.75) is 32.5 Å². The Morgan fingerprint density at radius 3 is 2.85 bits per heavy atom. The Labute approximate surface area is 152 Å². The molecule has 3 aromatic rings. The number of aromatic nitrogens is 3. The highest BCUT2D eigenvalue weighted by molar-refractivity contribution is 5.82. The van der Waals surface area contributed by atoms with E-state index in [1.54, 1.807) is 11.7 Å². The number of amides is 1. The number of benzene rings is 1. The van der Waals surface area contributed by atoms with Crippen LogP contribution in [0.15, 0.2) is 36.5 Å². The Morgan fingerprint density at radius 2 is 2.08 bits per heavy atom. The van der Waals surface area contributed by atoms with Crippen LogP contribution in [-0.4, -0.2) is 38.7 Å². The number of hydrogen-bond donors (Lipinski definition) is 1. The van der Waals surface area contributed by atoms with Crippen LogP contribution in [0.2, 0.25) is 0 Å². The van der Waals surface area contributed by atoms with Crippen molar-refractivity contribution < 1.29 is 4.79 Å². The first-order chi connectivity index (χ1) is 12.6. The van der Waals surface area contributed by atoms with Crippen molar-refractivity contribution >= 4 is 16.9 Å². The lowest BCUT2D eigenvalue weighted by atomic mass is 9.93. The molecule has 1 aliphatic rings. The molecule has 2 aromatic heterocycles. The third kappa shape index (κ3) is 2.86. The summed E-state index contributed by atoms with van der Waals surface area (Å²) in [7, 11) is 3.61. The zero-order chi connectivity index (χ0) is 18.3. The van der Waals surface area contributed by atoms with E-state index >= 15 is 0 Å². The lowest BCUT2D eigenvalue weighted by molar-refractivity contribution is -0.126. The van der Waals surface area contributed by atoms with E-state index in [9.17, 15) is 4.79 Å². The number of likely N-dealkylation sites (N-methyl/N-ethyl adjacent to an activating group) is 1. The third-order valence-corrected chi connectivity index (χ3v) is 5.20. The zero-order valence-electron chi connectivity index (χ0n) is 15.4. The van der Waals surface area contributed by atoms with Crippen LogP contribution in [0.3, 0.4) is 0 Å². The molecule has 3 heterocycles. The highest BCUT2D eigenvalue weighted by atomic mass is 16.2. The highest BCUT2D eigenvalue weighted by Crippen LogP contribution is 2.26. The van der Waals surface area contributed by atoms with E-state index in [0.29, 0.717) is 6.54 Å². The average Bonchev–Trinajstić information content (AvgIpc) is 2.94. The Bertz CT molecular complexity index is 977. The lowest BCUT2D eigenvalue weighted by Crippen LogP contribution is -2.49. The maximum atomic E-state index is 12.5. The summed E-state index contributed by atoms with van der Waals surface area (Å²) >= 11 is 0. The van der Waals surface area contributed by atoms with Crippen molar-refractivity contribution in [3.63, 3.8) is 0 Å². The number of nitrogens with one attached hydrogen (secondary N) is 1. The molecule has 0 radical (unpaired) electrons. The standard InChI is InChI=1S/C20H23N5O/c1-13-17-8-14(10-22-19(17)24(3)23-13)11-25-12-16-7-5-4-6-15(16)9-18(25)20(26)21-2/h4-8,10,18H,9,11-12H2,1-3H3,(H,21,26)/t18-/m0/s1. The molecule has 1 aliphatic heterocycles. The Balaban J connectivity index is 1.66. The summed E-state index contributed by atoms with van der Waals surface area (Å²) in [6.07, 6.45) is 2.63. The van der Waals surface area contributed by atoms with Gasteiger partial charge >= 0.3 is 0 Å². The van der Waals surface area contributed by atoms with Crippen molar-refractivity contribution in [2.24, 2.45) is 7.05 Å². The van der Waals surface area contributed by atoms with E-state index in [0.717, 1.165) is 35.3 Å². The van der Waals surface area contributed by atoms with Crippen LogP contribution >= 0.6 is 0 Å².